The van der Waals surface area contributed by atoms with Gasteiger partial charge in [0.05, 0.1) is 22.5 Å². The highest BCUT2D eigenvalue weighted by molar-refractivity contribution is 7.25. The lowest BCUT2D eigenvalue weighted by molar-refractivity contribution is 0.752. The first-order valence-electron chi connectivity index (χ1n) is 25.5. The van der Waals surface area contributed by atoms with Crippen LogP contribution in [-0.4, -0.2) is 0 Å². The van der Waals surface area contributed by atoms with Crippen molar-refractivity contribution in [2.75, 3.05) is 9.80 Å². The van der Waals surface area contributed by atoms with E-state index in [2.05, 4.69) is 289 Å². The summed E-state index contributed by atoms with van der Waals surface area (Å²) in [6.45, 7) is 0. The van der Waals surface area contributed by atoms with Gasteiger partial charge in [-0.25, -0.2) is 0 Å². The Kier molecular flexibility index (Phi) is 9.70. The van der Waals surface area contributed by atoms with Crippen LogP contribution in [0, 0.1) is 0 Å². The van der Waals surface area contributed by atoms with Gasteiger partial charge in [0, 0.05) is 42.8 Å². The summed E-state index contributed by atoms with van der Waals surface area (Å²) < 4.78 is 2.62. The fourth-order valence-corrected chi connectivity index (χ4v) is 13.8. The number of hydrogen-bond donors (Lipinski definition) is 0. The zero-order valence-electron chi connectivity index (χ0n) is 40.4. The molecule has 0 radical (unpaired) electrons. The topological polar surface area (TPSA) is 6.48 Å². The van der Waals surface area contributed by atoms with E-state index in [-0.39, 0.29) is 0 Å². The molecule has 0 bridgehead atoms. The molecule has 0 saturated carbocycles. The number of rotatable bonds is 7. The smallest absolute Gasteiger partial charge is 0.0755 e. The van der Waals surface area contributed by atoms with Gasteiger partial charge < -0.3 is 9.80 Å². The summed E-state index contributed by atoms with van der Waals surface area (Å²) in [5.41, 5.74) is 21.0. The molecule has 1 aliphatic carbocycles. The first-order valence-corrected chi connectivity index (χ1v) is 26.3. The van der Waals surface area contributed by atoms with Crippen LogP contribution in [0.15, 0.2) is 279 Å². The van der Waals surface area contributed by atoms with Crippen LogP contribution in [0.3, 0.4) is 0 Å². The summed E-state index contributed by atoms with van der Waals surface area (Å²) in [6.07, 6.45) is 0. The standard InChI is InChI=1S/C71H46N2S/c1-2-22-49(23-3-1)73-66-36-15-12-33-62(66)71(63-34-13-16-37-67(63)73)61-32-11-8-27-57(61)58-45-44-51(46-64(58)71)72(50-42-40-48(41-43-50)53-30-19-39-69-70(53)60-29-10-17-38-68(60)74-69)65-35-14-9-28-59(65)56-26-7-6-25-55(56)54-31-18-21-47-20-4-5-24-52(47)54/h1-46H. The number of thiophene rings is 1. The molecule has 0 atom stereocenters. The summed E-state index contributed by atoms with van der Waals surface area (Å²) in [4.78, 5) is 4.96. The van der Waals surface area contributed by atoms with Crippen molar-refractivity contribution in [3.8, 4) is 44.5 Å². The van der Waals surface area contributed by atoms with Gasteiger partial charge in [0.1, 0.15) is 0 Å². The highest BCUT2D eigenvalue weighted by Gasteiger charge is 2.52. The van der Waals surface area contributed by atoms with E-state index in [0.717, 1.165) is 28.3 Å². The van der Waals surface area contributed by atoms with E-state index in [1.807, 2.05) is 11.3 Å². The molecule has 2 heterocycles. The van der Waals surface area contributed by atoms with Crippen molar-refractivity contribution in [3.05, 3.63) is 301 Å². The predicted molar refractivity (Wildman–Crippen MR) is 313 cm³/mol. The summed E-state index contributed by atoms with van der Waals surface area (Å²) in [5, 5.41) is 5.09. The first kappa shape index (κ1) is 42.4. The van der Waals surface area contributed by atoms with Crippen LogP contribution in [-0.2, 0) is 5.41 Å². The average molecular weight is 959 g/mol. The van der Waals surface area contributed by atoms with Crippen molar-refractivity contribution >= 4 is 76.4 Å². The van der Waals surface area contributed by atoms with Crippen molar-refractivity contribution < 1.29 is 0 Å². The molecule has 2 nitrogen and oxygen atoms in total. The van der Waals surface area contributed by atoms with Crippen LogP contribution in [0.5, 0.6) is 0 Å². The molecule has 3 heteroatoms. The van der Waals surface area contributed by atoms with Gasteiger partial charge in [-0.3, -0.25) is 0 Å². The Morgan fingerprint density at radius 3 is 1.64 bits per heavy atom. The van der Waals surface area contributed by atoms with Gasteiger partial charge in [-0.2, -0.15) is 0 Å². The summed E-state index contributed by atoms with van der Waals surface area (Å²) in [6, 6.07) is 104. The molecule has 2 aliphatic rings. The van der Waals surface area contributed by atoms with Gasteiger partial charge in [0.25, 0.3) is 0 Å². The van der Waals surface area contributed by atoms with Crippen LogP contribution in [0.1, 0.15) is 22.3 Å². The molecule has 1 aliphatic heterocycles. The van der Waals surface area contributed by atoms with Gasteiger partial charge in [-0.05, 0) is 139 Å². The average Bonchev–Trinajstić information content (AvgIpc) is 4.01. The van der Waals surface area contributed by atoms with Crippen LogP contribution < -0.4 is 9.80 Å². The van der Waals surface area contributed by atoms with Crippen LogP contribution in [0.25, 0.3) is 75.5 Å². The van der Waals surface area contributed by atoms with E-state index < -0.39 is 5.41 Å². The lowest BCUT2D eigenvalue weighted by atomic mass is 9.64. The molecular formula is C71H46N2S. The SMILES string of the molecule is c1ccc(N2c3ccccc3C3(c4ccccc4-c4ccc(N(c5ccc(-c6cccc7sc8ccccc8c67)cc5)c5ccccc5-c5ccccc5-c5cccc6ccccc56)cc43)c3ccccc32)cc1. The third kappa shape index (κ3) is 6.30. The Morgan fingerprint density at radius 1 is 0.324 bits per heavy atom. The molecule has 12 aromatic carbocycles. The Labute approximate surface area is 435 Å². The zero-order valence-corrected chi connectivity index (χ0v) is 41.2. The van der Waals surface area contributed by atoms with Crippen LogP contribution in [0.4, 0.5) is 34.1 Å². The minimum absolute atomic E-state index is 0.613. The van der Waals surface area contributed by atoms with Crippen molar-refractivity contribution in [2.24, 2.45) is 0 Å². The second-order valence-corrected chi connectivity index (χ2v) is 20.6. The van der Waals surface area contributed by atoms with E-state index in [9.17, 15) is 0 Å². The van der Waals surface area contributed by atoms with Crippen LogP contribution in [0.2, 0.25) is 0 Å². The summed E-state index contributed by atoms with van der Waals surface area (Å²) in [7, 11) is 0. The largest absolute Gasteiger partial charge is 0.310 e. The fourth-order valence-electron chi connectivity index (χ4n) is 12.6. The zero-order chi connectivity index (χ0) is 48.7. The van der Waals surface area contributed by atoms with Gasteiger partial charge in [-0.15, -0.1) is 11.3 Å². The van der Waals surface area contributed by atoms with E-state index in [0.29, 0.717) is 0 Å². The minimum Gasteiger partial charge on any atom is -0.310 e. The maximum Gasteiger partial charge on any atom is 0.0755 e. The first-order chi connectivity index (χ1) is 36.7. The van der Waals surface area contributed by atoms with Gasteiger partial charge >= 0.3 is 0 Å². The number of fused-ring (bicyclic) bond motifs is 13. The van der Waals surface area contributed by atoms with Gasteiger partial charge in [-0.1, -0.05) is 212 Å². The molecular weight excluding hydrogens is 913 g/mol. The molecule has 346 valence electrons. The fraction of sp³-hybridized carbons (Fsp3) is 0.0141. The van der Waals surface area contributed by atoms with Gasteiger partial charge in [0.15, 0.2) is 0 Å². The molecule has 1 spiro atoms. The van der Waals surface area contributed by atoms with E-state index in [1.165, 1.54) is 104 Å². The monoisotopic (exact) mass is 958 g/mol. The molecule has 15 rings (SSSR count). The van der Waals surface area contributed by atoms with E-state index in [4.69, 9.17) is 0 Å². The van der Waals surface area contributed by atoms with Gasteiger partial charge in [0.2, 0.25) is 0 Å². The minimum atomic E-state index is -0.613. The lowest BCUT2D eigenvalue weighted by Gasteiger charge is -2.45. The number of para-hydroxylation sites is 4. The molecule has 0 unspecified atom stereocenters. The summed E-state index contributed by atoms with van der Waals surface area (Å²) in [5.74, 6) is 0. The predicted octanol–water partition coefficient (Wildman–Crippen LogP) is 19.8. The molecule has 0 fully saturated rings. The number of anilines is 6. The Hall–Kier alpha value is -9.28. The molecule has 74 heavy (non-hydrogen) atoms. The lowest BCUT2D eigenvalue weighted by Crippen LogP contribution is -2.36. The van der Waals surface area contributed by atoms with Crippen molar-refractivity contribution in [1.82, 2.24) is 0 Å². The maximum absolute atomic E-state index is 2.51. The van der Waals surface area contributed by atoms with Crippen LogP contribution >= 0.6 is 11.3 Å². The number of hydrogen-bond acceptors (Lipinski definition) is 3. The normalized spacial score (nSPS) is 12.9. The molecule has 1 aromatic heterocycles. The van der Waals surface area contributed by atoms with Crippen molar-refractivity contribution in [3.63, 3.8) is 0 Å². The molecule has 0 saturated heterocycles. The maximum atomic E-state index is 2.51. The third-order valence-electron chi connectivity index (χ3n) is 15.7. The van der Waals surface area contributed by atoms with Crippen molar-refractivity contribution in [1.29, 1.82) is 0 Å². The van der Waals surface area contributed by atoms with E-state index >= 15 is 0 Å². The Balaban J connectivity index is 0.977. The quantitative estimate of drug-likeness (QED) is 0.157. The molecule has 0 N–H and O–H groups in total. The number of nitrogens with zero attached hydrogens (tertiary/aromatic N) is 2. The van der Waals surface area contributed by atoms with E-state index in [1.54, 1.807) is 0 Å². The Bertz CT molecular complexity index is 4290. The van der Waals surface area contributed by atoms with Crippen molar-refractivity contribution in [2.45, 2.75) is 5.41 Å². The number of benzene rings is 12. The Morgan fingerprint density at radius 2 is 0.851 bits per heavy atom. The highest BCUT2D eigenvalue weighted by Crippen LogP contribution is 2.64. The second-order valence-electron chi connectivity index (χ2n) is 19.5. The summed E-state index contributed by atoms with van der Waals surface area (Å²) >= 11 is 1.87. The third-order valence-corrected chi connectivity index (χ3v) is 16.8. The highest BCUT2D eigenvalue weighted by atomic mass is 32.1. The second kappa shape index (κ2) is 16.9. The molecule has 13 aromatic rings. The molecule has 0 amide bonds.